The molecular weight excluding hydrogens is 424 g/mol. The number of carbonyl (C=O) groups excluding carboxylic acids is 2. The second-order valence-corrected chi connectivity index (χ2v) is 8.78. The van der Waals surface area contributed by atoms with Gasteiger partial charge in [-0.25, -0.2) is 0 Å². The van der Waals surface area contributed by atoms with Gasteiger partial charge in [-0.2, -0.15) is 0 Å². The fourth-order valence-corrected chi connectivity index (χ4v) is 4.08. The number of thioether (sulfide) groups is 1. The van der Waals surface area contributed by atoms with Gasteiger partial charge in [0.2, 0.25) is 0 Å². The lowest BCUT2D eigenvalue weighted by Crippen LogP contribution is -2.04. The molecule has 0 radical (unpaired) electrons. The number of hydrogen-bond acceptors (Lipinski definition) is 6. The summed E-state index contributed by atoms with van der Waals surface area (Å²) >= 11 is 1.75. The summed E-state index contributed by atoms with van der Waals surface area (Å²) in [6.45, 7) is 5.94. The van der Waals surface area contributed by atoms with Gasteiger partial charge < -0.3 is 14.6 Å². The highest BCUT2D eigenvalue weighted by molar-refractivity contribution is 7.99. The maximum absolute atomic E-state index is 11.7. The van der Waals surface area contributed by atoms with Crippen molar-refractivity contribution in [3.63, 3.8) is 0 Å². The van der Waals surface area contributed by atoms with Gasteiger partial charge in [0.1, 0.15) is 11.5 Å². The van der Waals surface area contributed by atoms with Crippen LogP contribution in [0.2, 0.25) is 0 Å². The molecule has 32 heavy (non-hydrogen) atoms. The van der Waals surface area contributed by atoms with E-state index in [4.69, 9.17) is 4.74 Å². The van der Waals surface area contributed by atoms with Crippen molar-refractivity contribution in [2.75, 3.05) is 19.5 Å². The molecule has 0 unspecified atom stereocenters. The minimum atomic E-state index is -0.236. The lowest BCUT2D eigenvalue weighted by Gasteiger charge is -2.14. The number of rotatable bonds is 12. The number of methoxy groups -OCH3 is 1. The summed E-state index contributed by atoms with van der Waals surface area (Å²) in [6.07, 6.45) is 4.65. The van der Waals surface area contributed by atoms with Crippen molar-refractivity contribution in [1.82, 2.24) is 0 Å². The molecule has 0 saturated carbocycles. The summed E-state index contributed by atoms with van der Waals surface area (Å²) in [5, 5.41) is 10.4. The number of Topliss-reactive ketones (excluding diaryl/α,β-unsaturated/α-hetero) is 1. The third-order valence-corrected chi connectivity index (χ3v) is 5.98. The van der Waals surface area contributed by atoms with Crippen LogP contribution in [0.1, 0.15) is 61.5 Å². The molecule has 0 fully saturated rings. The average Bonchev–Trinajstić information content (AvgIpc) is 2.76. The molecule has 2 aromatic carbocycles. The maximum Gasteiger partial charge on any atom is 0.309 e. The number of ether oxygens (including phenoxy) is 2. The Labute approximate surface area is 194 Å². The number of esters is 1. The van der Waals surface area contributed by atoms with E-state index in [0.717, 1.165) is 29.7 Å². The minimum Gasteiger partial charge on any atom is -0.507 e. The number of phenols is 1. The van der Waals surface area contributed by atoms with E-state index in [1.807, 2.05) is 32.1 Å². The summed E-state index contributed by atoms with van der Waals surface area (Å²) in [5.41, 5.74) is 3.06. The van der Waals surface area contributed by atoms with Gasteiger partial charge in [0.05, 0.1) is 25.7 Å². The molecule has 0 aliphatic rings. The van der Waals surface area contributed by atoms with Gasteiger partial charge in [-0.3, -0.25) is 9.59 Å². The molecular formula is C26H32O5S. The summed E-state index contributed by atoms with van der Waals surface area (Å²) in [6, 6.07) is 11.6. The Hall–Kier alpha value is -2.73. The second-order valence-electron chi connectivity index (χ2n) is 7.61. The summed E-state index contributed by atoms with van der Waals surface area (Å²) in [4.78, 5) is 24.2. The van der Waals surface area contributed by atoms with Crippen molar-refractivity contribution >= 4 is 29.6 Å². The van der Waals surface area contributed by atoms with E-state index in [0.29, 0.717) is 36.3 Å². The third-order valence-electron chi connectivity index (χ3n) is 4.88. The van der Waals surface area contributed by atoms with Crippen LogP contribution in [-0.4, -0.2) is 36.3 Å². The van der Waals surface area contributed by atoms with Crippen LogP contribution in [0.15, 0.2) is 46.9 Å². The van der Waals surface area contributed by atoms with Gasteiger partial charge >= 0.3 is 5.97 Å². The molecule has 0 heterocycles. The Bertz CT molecular complexity index is 947. The van der Waals surface area contributed by atoms with Crippen LogP contribution >= 0.6 is 11.8 Å². The van der Waals surface area contributed by atoms with Crippen LogP contribution in [0.25, 0.3) is 6.08 Å². The molecule has 0 spiro atoms. The zero-order valence-corrected chi connectivity index (χ0v) is 20.1. The van der Waals surface area contributed by atoms with E-state index in [1.54, 1.807) is 23.9 Å². The van der Waals surface area contributed by atoms with Gasteiger partial charge in [0.25, 0.3) is 0 Å². The molecule has 0 aromatic heterocycles. The molecule has 6 heteroatoms. The number of phenolic OH excluding ortho intramolecular Hbond substituents is 1. The molecule has 0 saturated heterocycles. The van der Waals surface area contributed by atoms with Gasteiger partial charge in [0, 0.05) is 16.2 Å². The van der Waals surface area contributed by atoms with Gasteiger partial charge in [-0.1, -0.05) is 37.1 Å². The molecule has 172 valence electrons. The molecule has 0 aliphatic heterocycles. The highest BCUT2D eigenvalue weighted by Crippen LogP contribution is 2.33. The highest BCUT2D eigenvalue weighted by Gasteiger charge is 2.15. The van der Waals surface area contributed by atoms with Crippen molar-refractivity contribution < 1.29 is 24.2 Å². The van der Waals surface area contributed by atoms with Crippen molar-refractivity contribution in [1.29, 1.82) is 0 Å². The first-order valence-electron chi connectivity index (χ1n) is 10.8. The SMILES string of the molecule is CCCc1c(OCCCSc2ccc(/C=C(\C)CC(=O)OC)cc2)ccc(C(C)=O)c1O. The number of ketones is 1. The number of hydrogen-bond donors (Lipinski definition) is 1. The van der Waals surface area contributed by atoms with E-state index in [1.165, 1.54) is 18.9 Å². The molecule has 0 bridgehead atoms. The van der Waals surface area contributed by atoms with E-state index in [-0.39, 0.29) is 17.5 Å². The second kappa shape index (κ2) is 13.0. The van der Waals surface area contributed by atoms with Crippen molar-refractivity contribution in [3.8, 4) is 11.5 Å². The Morgan fingerprint density at radius 2 is 1.81 bits per heavy atom. The standard InChI is InChI=1S/C26H32O5S/c1-5-7-23-24(13-12-22(19(3)27)26(23)29)31-14-6-15-32-21-10-8-20(9-11-21)16-18(2)17-25(28)30-4/h8-13,16,29H,5-7,14-15,17H2,1-4H3/b18-16+. The highest BCUT2D eigenvalue weighted by atomic mass is 32.2. The number of carbonyl (C=O) groups is 2. The Morgan fingerprint density at radius 3 is 2.44 bits per heavy atom. The monoisotopic (exact) mass is 456 g/mol. The molecule has 2 aromatic rings. The first-order valence-corrected chi connectivity index (χ1v) is 11.8. The first-order chi connectivity index (χ1) is 15.3. The third kappa shape index (κ3) is 7.75. The molecule has 5 nitrogen and oxygen atoms in total. The Morgan fingerprint density at radius 1 is 1.09 bits per heavy atom. The number of benzene rings is 2. The first kappa shape index (κ1) is 25.5. The summed E-state index contributed by atoms with van der Waals surface area (Å²) < 4.78 is 10.6. The van der Waals surface area contributed by atoms with Gasteiger partial charge in [-0.15, -0.1) is 11.8 Å². The molecule has 1 N–H and O–H groups in total. The molecule has 0 aliphatic carbocycles. The minimum absolute atomic E-state index is 0.0437. The Kier molecular flexibility index (Phi) is 10.3. The van der Waals surface area contributed by atoms with Crippen LogP contribution in [0.5, 0.6) is 11.5 Å². The lowest BCUT2D eigenvalue weighted by atomic mass is 10.0. The summed E-state index contributed by atoms with van der Waals surface area (Å²) in [7, 11) is 1.39. The summed E-state index contributed by atoms with van der Waals surface area (Å²) in [5.74, 6) is 1.21. The molecule has 0 atom stereocenters. The van der Waals surface area contributed by atoms with Crippen LogP contribution in [-0.2, 0) is 16.0 Å². The van der Waals surface area contributed by atoms with Crippen LogP contribution < -0.4 is 4.74 Å². The van der Waals surface area contributed by atoms with Crippen molar-refractivity contribution in [3.05, 3.63) is 58.7 Å². The zero-order valence-electron chi connectivity index (χ0n) is 19.3. The van der Waals surface area contributed by atoms with Crippen LogP contribution in [0, 0.1) is 0 Å². The van der Waals surface area contributed by atoms with Crippen molar-refractivity contribution in [2.24, 2.45) is 0 Å². The van der Waals surface area contributed by atoms with Gasteiger partial charge in [0.15, 0.2) is 5.78 Å². The lowest BCUT2D eigenvalue weighted by molar-refractivity contribution is -0.139. The average molecular weight is 457 g/mol. The largest absolute Gasteiger partial charge is 0.507 e. The topological polar surface area (TPSA) is 72.8 Å². The fourth-order valence-electron chi connectivity index (χ4n) is 3.26. The maximum atomic E-state index is 11.7. The molecule has 2 rings (SSSR count). The predicted molar refractivity (Wildman–Crippen MR) is 130 cm³/mol. The van der Waals surface area contributed by atoms with Crippen molar-refractivity contribution in [2.45, 2.75) is 51.3 Å². The predicted octanol–water partition coefficient (Wildman–Crippen LogP) is 6.07. The van der Waals surface area contributed by atoms with Crippen LogP contribution in [0.4, 0.5) is 0 Å². The Balaban J connectivity index is 1.84. The molecule has 0 amide bonds. The van der Waals surface area contributed by atoms with E-state index in [9.17, 15) is 14.7 Å². The zero-order chi connectivity index (χ0) is 23.5. The van der Waals surface area contributed by atoms with Crippen LogP contribution in [0.3, 0.4) is 0 Å². The fraction of sp³-hybridized carbons (Fsp3) is 0.385. The van der Waals surface area contributed by atoms with E-state index in [2.05, 4.69) is 16.9 Å². The normalized spacial score (nSPS) is 11.3. The smallest absolute Gasteiger partial charge is 0.309 e. The quantitative estimate of drug-likeness (QED) is 0.181. The van der Waals surface area contributed by atoms with E-state index >= 15 is 0 Å². The van der Waals surface area contributed by atoms with Gasteiger partial charge in [-0.05, 0) is 56.5 Å². The van der Waals surface area contributed by atoms with E-state index < -0.39 is 0 Å². The number of aromatic hydroxyl groups is 1.